The number of nitrogens with one attached hydrogen (secondary N) is 1. The molecule has 1 fully saturated rings. The van der Waals surface area contributed by atoms with Crippen LogP contribution < -0.4 is 11.1 Å². The number of ether oxygens (including phenoxy) is 1. The minimum Gasteiger partial charge on any atom is -0.467 e. The summed E-state index contributed by atoms with van der Waals surface area (Å²) in [5.41, 5.74) is 5.99. The van der Waals surface area contributed by atoms with Crippen molar-refractivity contribution in [3.63, 3.8) is 0 Å². The van der Waals surface area contributed by atoms with E-state index in [9.17, 15) is 4.79 Å². The molecule has 0 aliphatic carbocycles. The van der Waals surface area contributed by atoms with E-state index in [4.69, 9.17) is 14.9 Å². The maximum atomic E-state index is 11.9. The van der Waals surface area contributed by atoms with Crippen LogP contribution in [0.25, 0.3) is 0 Å². The predicted octanol–water partition coefficient (Wildman–Crippen LogP) is 1.42. The summed E-state index contributed by atoms with van der Waals surface area (Å²) in [5, 5.41) is 2.90. The Labute approximate surface area is 143 Å². The fraction of sp³-hybridized carbons (Fsp3) is 0.643. The first-order valence-electron chi connectivity index (χ1n) is 6.91. The Bertz CT molecular complexity index is 466. The van der Waals surface area contributed by atoms with E-state index in [1.165, 1.54) is 6.26 Å². The molecule has 128 valence electrons. The second kappa shape index (κ2) is 9.37. The Hall–Kier alpha value is -0.790. The molecule has 0 atom stereocenters. The standard InChI is InChI=1S/C14H23N3O3.2ClH/c1-14(2)10-19-6-5-17(14)4-3-16-13(18)11-7-12(8-15)20-9-11;;/h7,9H,3-6,8,10,15H2,1-2H3,(H,16,18);2*1H. The van der Waals surface area contributed by atoms with Crippen LogP contribution >= 0.6 is 24.8 Å². The van der Waals surface area contributed by atoms with Crippen molar-refractivity contribution in [1.82, 2.24) is 10.2 Å². The van der Waals surface area contributed by atoms with Gasteiger partial charge in [-0.15, -0.1) is 24.8 Å². The molecule has 0 spiro atoms. The summed E-state index contributed by atoms with van der Waals surface area (Å²) in [4.78, 5) is 14.3. The molecular weight excluding hydrogens is 329 g/mol. The molecule has 0 bridgehead atoms. The lowest BCUT2D eigenvalue weighted by atomic mass is 10.0. The molecule has 1 saturated heterocycles. The molecule has 1 aliphatic rings. The molecule has 1 aliphatic heterocycles. The van der Waals surface area contributed by atoms with Crippen molar-refractivity contribution >= 4 is 30.7 Å². The van der Waals surface area contributed by atoms with Crippen molar-refractivity contribution in [3.05, 3.63) is 23.7 Å². The predicted molar refractivity (Wildman–Crippen MR) is 89.9 cm³/mol. The number of halogens is 2. The summed E-state index contributed by atoms with van der Waals surface area (Å²) in [5.74, 6) is 0.490. The highest BCUT2D eigenvalue weighted by Gasteiger charge is 2.29. The lowest BCUT2D eigenvalue weighted by Crippen LogP contribution is -2.54. The number of nitrogens with zero attached hydrogens (tertiary/aromatic N) is 1. The first kappa shape index (κ1) is 21.2. The van der Waals surface area contributed by atoms with E-state index in [-0.39, 0.29) is 36.3 Å². The largest absolute Gasteiger partial charge is 0.467 e. The zero-order valence-corrected chi connectivity index (χ0v) is 14.6. The Morgan fingerprint density at radius 3 is 2.77 bits per heavy atom. The van der Waals surface area contributed by atoms with Crippen LogP contribution in [0, 0.1) is 0 Å². The van der Waals surface area contributed by atoms with Crippen LogP contribution in [0.3, 0.4) is 0 Å². The van der Waals surface area contributed by atoms with E-state index in [2.05, 4.69) is 24.1 Å². The monoisotopic (exact) mass is 353 g/mol. The number of hydrogen-bond donors (Lipinski definition) is 2. The Balaban J connectivity index is 0.00000220. The van der Waals surface area contributed by atoms with Gasteiger partial charge in [-0.25, -0.2) is 0 Å². The third kappa shape index (κ3) is 5.44. The molecule has 0 saturated carbocycles. The van der Waals surface area contributed by atoms with E-state index >= 15 is 0 Å². The van der Waals surface area contributed by atoms with Crippen molar-refractivity contribution in [2.24, 2.45) is 5.73 Å². The minimum absolute atomic E-state index is 0. The average molecular weight is 354 g/mol. The highest BCUT2D eigenvalue weighted by molar-refractivity contribution is 5.93. The second-order valence-electron chi connectivity index (χ2n) is 5.61. The molecule has 2 rings (SSSR count). The fourth-order valence-electron chi connectivity index (χ4n) is 2.32. The molecule has 1 aromatic heterocycles. The van der Waals surface area contributed by atoms with Gasteiger partial charge in [-0.1, -0.05) is 0 Å². The molecule has 0 unspecified atom stereocenters. The summed E-state index contributed by atoms with van der Waals surface area (Å²) in [7, 11) is 0. The van der Waals surface area contributed by atoms with Gasteiger partial charge in [-0.3, -0.25) is 9.69 Å². The van der Waals surface area contributed by atoms with Crippen LogP contribution in [0.2, 0.25) is 0 Å². The van der Waals surface area contributed by atoms with Crippen molar-refractivity contribution in [2.45, 2.75) is 25.9 Å². The van der Waals surface area contributed by atoms with E-state index in [1.807, 2.05) is 0 Å². The van der Waals surface area contributed by atoms with Gasteiger partial charge < -0.3 is 20.2 Å². The Kier molecular flexibility index (Phi) is 9.04. The van der Waals surface area contributed by atoms with Crippen molar-refractivity contribution in [1.29, 1.82) is 0 Å². The highest BCUT2D eigenvalue weighted by Crippen LogP contribution is 2.17. The summed E-state index contributed by atoms with van der Waals surface area (Å²) < 4.78 is 10.6. The van der Waals surface area contributed by atoms with Gasteiger partial charge in [0.05, 0.1) is 25.3 Å². The van der Waals surface area contributed by atoms with Gasteiger partial charge >= 0.3 is 0 Å². The van der Waals surface area contributed by atoms with Gasteiger partial charge in [0, 0.05) is 25.2 Å². The number of morpholine rings is 1. The summed E-state index contributed by atoms with van der Waals surface area (Å²) >= 11 is 0. The molecule has 8 heteroatoms. The van der Waals surface area contributed by atoms with Crippen molar-refractivity contribution in [2.75, 3.05) is 32.8 Å². The van der Waals surface area contributed by atoms with Crippen LogP contribution in [-0.4, -0.2) is 49.2 Å². The van der Waals surface area contributed by atoms with Gasteiger partial charge in [-0.05, 0) is 19.9 Å². The van der Waals surface area contributed by atoms with E-state index in [0.717, 1.165) is 26.3 Å². The smallest absolute Gasteiger partial charge is 0.254 e. The number of rotatable bonds is 5. The molecular formula is C14H25Cl2N3O3. The third-order valence-electron chi connectivity index (χ3n) is 3.60. The Morgan fingerprint density at radius 1 is 1.45 bits per heavy atom. The van der Waals surface area contributed by atoms with Gasteiger partial charge in [0.25, 0.3) is 5.91 Å². The zero-order valence-electron chi connectivity index (χ0n) is 13.0. The first-order chi connectivity index (χ1) is 9.53. The number of hydrogen-bond acceptors (Lipinski definition) is 5. The van der Waals surface area contributed by atoms with E-state index in [1.54, 1.807) is 6.07 Å². The summed E-state index contributed by atoms with van der Waals surface area (Å²) in [6.45, 7) is 8.38. The number of nitrogens with two attached hydrogens (primary N) is 1. The number of carbonyl (C=O) groups is 1. The van der Waals surface area contributed by atoms with Crippen molar-refractivity contribution in [3.8, 4) is 0 Å². The van der Waals surface area contributed by atoms with Crippen LogP contribution in [0.15, 0.2) is 16.7 Å². The third-order valence-corrected chi connectivity index (χ3v) is 3.60. The van der Waals surface area contributed by atoms with Crippen LogP contribution in [0.5, 0.6) is 0 Å². The van der Waals surface area contributed by atoms with Gasteiger partial charge in [0.2, 0.25) is 0 Å². The molecule has 6 nitrogen and oxygen atoms in total. The lowest BCUT2D eigenvalue weighted by Gasteiger charge is -2.42. The molecule has 0 radical (unpaired) electrons. The Morgan fingerprint density at radius 2 is 2.18 bits per heavy atom. The molecule has 2 heterocycles. The maximum absolute atomic E-state index is 11.9. The second-order valence-corrected chi connectivity index (χ2v) is 5.61. The topological polar surface area (TPSA) is 80.7 Å². The molecule has 1 aromatic rings. The average Bonchev–Trinajstić information content (AvgIpc) is 2.89. The maximum Gasteiger partial charge on any atom is 0.254 e. The van der Waals surface area contributed by atoms with Gasteiger partial charge in [0.15, 0.2) is 0 Å². The van der Waals surface area contributed by atoms with Gasteiger partial charge in [-0.2, -0.15) is 0 Å². The molecule has 1 amide bonds. The van der Waals surface area contributed by atoms with Crippen LogP contribution in [0.4, 0.5) is 0 Å². The molecule has 0 aromatic carbocycles. The summed E-state index contributed by atoms with van der Waals surface area (Å²) in [6, 6.07) is 1.67. The number of amides is 1. The van der Waals surface area contributed by atoms with E-state index < -0.39 is 0 Å². The highest BCUT2D eigenvalue weighted by atomic mass is 35.5. The fourth-order valence-corrected chi connectivity index (χ4v) is 2.32. The van der Waals surface area contributed by atoms with Crippen molar-refractivity contribution < 1.29 is 13.9 Å². The van der Waals surface area contributed by atoms with E-state index in [0.29, 0.717) is 24.4 Å². The minimum atomic E-state index is -0.125. The number of furan rings is 1. The molecule has 3 N–H and O–H groups in total. The van der Waals surface area contributed by atoms with Crippen LogP contribution in [0.1, 0.15) is 30.0 Å². The molecule has 22 heavy (non-hydrogen) atoms. The van der Waals surface area contributed by atoms with Crippen LogP contribution in [-0.2, 0) is 11.3 Å². The quantitative estimate of drug-likeness (QED) is 0.836. The zero-order chi connectivity index (χ0) is 14.6. The normalized spacial score (nSPS) is 17.2. The SMILES string of the molecule is CC1(C)COCCN1CCNC(=O)c1coc(CN)c1.Cl.Cl. The first-order valence-corrected chi connectivity index (χ1v) is 6.91. The number of carbonyl (C=O) groups excluding carboxylic acids is 1. The van der Waals surface area contributed by atoms with Gasteiger partial charge in [0.1, 0.15) is 12.0 Å². The lowest BCUT2D eigenvalue weighted by molar-refractivity contribution is -0.0498. The summed E-state index contributed by atoms with van der Waals surface area (Å²) in [6.07, 6.45) is 1.44.